The molecule has 4 heterocycles. The molecule has 13 heteroatoms. The molecule has 0 aliphatic carbocycles. The molecule has 0 bridgehead atoms. The van der Waals surface area contributed by atoms with Crippen LogP contribution in [0.25, 0.3) is 21.0 Å². The molecular weight excluding hydrogens is 551 g/mol. The number of pyridine rings is 2. The zero-order valence-electron chi connectivity index (χ0n) is 21.8. The maximum Gasteiger partial charge on any atom is 0.490 e. The first kappa shape index (κ1) is 29.0. The van der Waals surface area contributed by atoms with Crippen LogP contribution in [0, 0.1) is 0 Å². The van der Waals surface area contributed by atoms with Crippen molar-refractivity contribution in [3.63, 3.8) is 0 Å². The molecule has 2 unspecified atom stereocenters. The lowest BCUT2D eigenvalue weighted by molar-refractivity contribution is -0.192. The van der Waals surface area contributed by atoms with Gasteiger partial charge in [-0.3, -0.25) is 14.6 Å². The highest BCUT2D eigenvalue weighted by molar-refractivity contribution is 7.22. The monoisotopic (exact) mass is 577 g/mol. The van der Waals surface area contributed by atoms with Crippen LogP contribution in [0.4, 0.5) is 13.2 Å². The van der Waals surface area contributed by atoms with Crippen molar-refractivity contribution in [2.75, 3.05) is 20.2 Å². The van der Waals surface area contributed by atoms with E-state index in [0.717, 1.165) is 21.3 Å². The summed E-state index contributed by atoms with van der Waals surface area (Å²) in [5, 5.41) is 8.48. The smallest absolute Gasteiger partial charge is 0.490 e. The van der Waals surface area contributed by atoms with Crippen LogP contribution >= 0.6 is 11.3 Å². The van der Waals surface area contributed by atoms with Crippen molar-refractivity contribution < 1.29 is 37.3 Å². The number of ether oxygens (including phenoxy) is 2. The molecule has 212 valence electrons. The lowest BCUT2D eigenvalue weighted by atomic mass is 10.1. The number of methoxy groups -OCH3 is 1. The molecule has 0 spiro atoms. The zero-order valence-corrected chi connectivity index (χ0v) is 22.6. The maximum atomic E-state index is 13.8. The Labute approximate surface area is 230 Å². The van der Waals surface area contributed by atoms with Crippen LogP contribution in [0.3, 0.4) is 0 Å². The summed E-state index contributed by atoms with van der Waals surface area (Å²) in [6.45, 7) is 5.26. The van der Waals surface area contributed by atoms with E-state index in [1.165, 1.54) is 18.4 Å². The molecule has 1 fully saturated rings. The zero-order chi connectivity index (χ0) is 29.2. The minimum atomic E-state index is -5.08. The number of morpholine rings is 1. The average molecular weight is 578 g/mol. The van der Waals surface area contributed by atoms with Gasteiger partial charge in [0.05, 0.1) is 41.8 Å². The highest BCUT2D eigenvalue weighted by Gasteiger charge is 2.38. The van der Waals surface area contributed by atoms with Gasteiger partial charge in [-0.05, 0) is 32.0 Å². The SMILES string of the molecule is COc1c(C(=O)N2CC(C)OC(C)C2)sc2c1c(=O)n(Cc1ccccn1)c1ccccc21.O=C(O)C(F)(F)F. The first-order chi connectivity index (χ1) is 18.9. The summed E-state index contributed by atoms with van der Waals surface area (Å²) in [5.41, 5.74) is 1.40. The molecule has 0 radical (unpaired) electrons. The van der Waals surface area contributed by atoms with Crippen molar-refractivity contribution in [1.29, 1.82) is 0 Å². The quantitative estimate of drug-likeness (QED) is 0.379. The van der Waals surface area contributed by atoms with E-state index < -0.39 is 12.1 Å². The van der Waals surface area contributed by atoms with Crippen LogP contribution in [-0.2, 0) is 16.1 Å². The van der Waals surface area contributed by atoms with E-state index in [2.05, 4.69) is 4.98 Å². The number of fused-ring (bicyclic) bond motifs is 3. The minimum Gasteiger partial charge on any atom is -0.494 e. The molecule has 5 rings (SSSR count). The topological polar surface area (TPSA) is 111 Å². The number of thiophene rings is 1. The molecule has 1 aromatic carbocycles. The van der Waals surface area contributed by atoms with Gasteiger partial charge in [0.25, 0.3) is 11.5 Å². The normalized spacial score (nSPS) is 17.4. The number of carboxylic acids is 1. The van der Waals surface area contributed by atoms with Crippen LogP contribution in [-0.4, -0.2) is 70.0 Å². The van der Waals surface area contributed by atoms with E-state index in [9.17, 15) is 22.8 Å². The van der Waals surface area contributed by atoms with Crippen molar-refractivity contribution in [3.05, 3.63) is 69.6 Å². The lowest BCUT2D eigenvalue weighted by Crippen LogP contribution is -2.48. The van der Waals surface area contributed by atoms with Gasteiger partial charge in [-0.2, -0.15) is 13.2 Å². The van der Waals surface area contributed by atoms with E-state index in [-0.39, 0.29) is 23.7 Å². The third-order valence-electron chi connectivity index (χ3n) is 6.16. The van der Waals surface area contributed by atoms with Crippen molar-refractivity contribution in [2.24, 2.45) is 0 Å². The Hall–Kier alpha value is -3.97. The van der Waals surface area contributed by atoms with Crippen molar-refractivity contribution in [2.45, 2.75) is 38.8 Å². The Bertz CT molecular complexity index is 1590. The Morgan fingerprint density at radius 3 is 2.33 bits per heavy atom. The number of para-hydroxylation sites is 1. The Kier molecular flexibility index (Phi) is 8.45. The first-order valence-corrected chi connectivity index (χ1v) is 13.0. The number of benzene rings is 1. The van der Waals surface area contributed by atoms with E-state index in [0.29, 0.717) is 35.6 Å². The fourth-order valence-corrected chi connectivity index (χ4v) is 5.84. The molecular formula is C27H26F3N3O6S. The van der Waals surface area contributed by atoms with Gasteiger partial charge in [-0.15, -0.1) is 11.3 Å². The van der Waals surface area contributed by atoms with Crippen LogP contribution in [0.2, 0.25) is 0 Å². The second-order valence-corrected chi connectivity index (χ2v) is 10.2. The predicted molar refractivity (Wildman–Crippen MR) is 143 cm³/mol. The first-order valence-electron chi connectivity index (χ1n) is 12.2. The maximum absolute atomic E-state index is 13.8. The fourth-order valence-electron chi connectivity index (χ4n) is 4.58. The molecule has 1 saturated heterocycles. The summed E-state index contributed by atoms with van der Waals surface area (Å²) < 4.78 is 45.7. The van der Waals surface area contributed by atoms with E-state index in [1.807, 2.05) is 56.3 Å². The number of amides is 1. The Morgan fingerprint density at radius 1 is 1.12 bits per heavy atom. The molecule has 2 atom stereocenters. The molecule has 9 nitrogen and oxygen atoms in total. The molecule has 40 heavy (non-hydrogen) atoms. The summed E-state index contributed by atoms with van der Waals surface area (Å²) in [6, 6.07) is 13.4. The number of alkyl halides is 3. The van der Waals surface area contributed by atoms with Crippen LogP contribution in [0.1, 0.15) is 29.2 Å². The standard InChI is InChI=1S/C25H25N3O4S.C2HF3O2/c1-15-12-27(13-16(2)32-15)25(30)23-21(31-3)20-22(33-23)18-9-4-5-10-19(18)28(24(20)29)14-17-8-6-7-11-26-17;3-2(4,5)1(6)7/h4-11,15-16H,12-14H2,1-3H3;(H,6,7). The lowest BCUT2D eigenvalue weighted by Gasteiger charge is -2.35. The summed E-state index contributed by atoms with van der Waals surface area (Å²) in [5.74, 6) is -2.54. The summed E-state index contributed by atoms with van der Waals surface area (Å²) in [4.78, 5) is 42.8. The van der Waals surface area contributed by atoms with Crippen molar-refractivity contribution in [1.82, 2.24) is 14.5 Å². The van der Waals surface area contributed by atoms with Crippen LogP contribution in [0.15, 0.2) is 53.5 Å². The molecule has 0 saturated carbocycles. The Balaban J connectivity index is 0.000000470. The number of carbonyl (C=O) groups is 2. The van der Waals surface area contributed by atoms with Gasteiger partial charge >= 0.3 is 12.1 Å². The van der Waals surface area contributed by atoms with Crippen LogP contribution in [0.5, 0.6) is 5.75 Å². The number of nitrogens with zero attached hydrogens (tertiary/aromatic N) is 3. The second kappa shape index (κ2) is 11.6. The summed E-state index contributed by atoms with van der Waals surface area (Å²) in [6.07, 6.45) is -3.46. The van der Waals surface area contributed by atoms with Gasteiger partial charge in [0, 0.05) is 24.7 Å². The highest BCUT2D eigenvalue weighted by Crippen LogP contribution is 2.40. The largest absolute Gasteiger partial charge is 0.494 e. The second-order valence-electron chi connectivity index (χ2n) is 9.17. The molecule has 3 aromatic heterocycles. The van der Waals surface area contributed by atoms with Gasteiger partial charge in [0.15, 0.2) is 5.75 Å². The number of halogens is 3. The summed E-state index contributed by atoms with van der Waals surface area (Å²) in [7, 11) is 1.51. The van der Waals surface area contributed by atoms with Crippen molar-refractivity contribution in [3.8, 4) is 5.75 Å². The van der Waals surface area contributed by atoms with Crippen LogP contribution < -0.4 is 10.3 Å². The molecule has 1 amide bonds. The van der Waals surface area contributed by atoms with E-state index >= 15 is 0 Å². The third-order valence-corrected chi connectivity index (χ3v) is 7.35. The van der Waals surface area contributed by atoms with E-state index in [4.69, 9.17) is 19.4 Å². The number of carbonyl (C=O) groups excluding carboxylic acids is 1. The third kappa shape index (κ3) is 5.94. The summed E-state index contributed by atoms with van der Waals surface area (Å²) >= 11 is 1.33. The number of aliphatic carboxylic acids is 1. The average Bonchev–Trinajstić information content (AvgIpc) is 3.30. The van der Waals surface area contributed by atoms with Gasteiger partial charge in [0.2, 0.25) is 0 Å². The highest BCUT2D eigenvalue weighted by atomic mass is 32.1. The van der Waals surface area contributed by atoms with Gasteiger partial charge in [-0.25, -0.2) is 4.79 Å². The minimum absolute atomic E-state index is 0.0468. The molecule has 1 aliphatic heterocycles. The van der Waals surface area contributed by atoms with Crippen molar-refractivity contribution >= 4 is 44.2 Å². The van der Waals surface area contributed by atoms with Gasteiger partial charge in [0.1, 0.15) is 10.3 Å². The molecule has 1 N–H and O–H groups in total. The molecule has 4 aromatic rings. The number of hydrogen-bond acceptors (Lipinski definition) is 7. The number of carboxylic acid groups (broad SMARTS) is 1. The van der Waals surface area contributed by atoms with Gasteiger partial charge in [-0.1, -0.05) is 24.3 Å². The molecule has 1 aliphatic rings. The number of aromatic nitrogens is 2. The van der Waals surface area contributed by atoms with E-state index in [1.54, 1.807) is 15.7 Å². The predicted octanol–water partition coefficient (Wildman–Crippen LogP) is 4.55. The number of hydrogen-bond donors (Lipinski definition) is 1. The number of rotatable bonds is 4. The van der Waals surface area contributed by atoms with Gasteiger partial charge < -0.3 is 24.0 Å². The fraction of sp³-hybridized carbons (Fsp3) is 0.333. The Morgan fingerprint density at radius 2 is 1.75 bits per heavy atom.